The normalized spacial score (nSPS) is 13.1. The number of fused-ring (bicyclic) bond motifs is 3. The van der Waals surface area contributed by atoms with E-state index in [1.54, 1.807) is 44.7 Å². The SMILES string of the molecule is COc1cc(OC)c2c(c1)-c1ccccc1N(S(=O)(=O)c1ccc(C)cc1)C=C2C. The molecule has 154 valence electrons. The largest absolute Gasteiger partial charge is 0.497 e. The number of hydrogen-bond donors (Lipinski definition) is 0. The smallest absolute Gasteiger partial charge is 0.268 e. The first kappa shape index (κ1) is 20.0. The van der Waals surface area contributed by atoms with Crippen molar-refractivity contribution in [3.8, 4) is 22.6 Å². The van der Waals surface area contributed by atoms with Gasteiger partial charge in [-0.1, -0.05) is 35.9 Å². The summed E-state index contributed by atoms with van der Waals surface area (Å²) >= 11 is 0. The molecule has 0 spiro atoms. The summed E-state index contributed by atoms with van der Waals surface area (Å²) in [6.07, 6.45) is 1.66. The highest BCUT2D eigenvalue weighted by molar-refractivity contribution is 7.93. The van der Waals surface area contributed by atoms with E-state index >= 15 is 0 Å². The fourth-order valence-corrected chi connectivity index (χ4v) is 5.14. The summed E-state index contributed by atoms with van der Waals surface area (Å²) in [5.41, 5.74) is 4.84. The van der Waals surface area contributed by atoms with Gasteiger partial charge in [-0.3, -0.25) is 0 Å². The summed E-state index contributed by atoms with van der Waals surface area (Å²) < 4.78 is 39.7. The van der Waals surface area contributed by atoms with Gasteiger partial charge in [-0.15, -0.1) is 0 Å². The molecule has 0 amide bonds. The van der Waals surface area contributed by atoms with E-state index in [0.717, 1.165) is 27.8 Å². The van der Waals surface area contributed by atoms with E-state index in [4.69, 9.17) is 9.47 Å². The molecule has 0 atom stereocenters. The lowest BCUT2D eigenvalue weighted by atomic mass is 9.94. The van der Waals surface area contributed by atoms with Gasteiger partial charge in [0.05, 0.1) is 24.8 Å². The van der Waals surface area contributed by atoms with Crippen molar-refractivity contribution in [2.75, 3.05) is 18.5 Å². The van der Waals surface area contributed by atoms with E-state index in [-0.39, 0.29) is 4.90 Å². The number of rotatable bonds is 4. The molecule has 0 radical (unpaired) electrons. The standard InChI is InChI=1S/C24H23NO4S/c1-16-9-11-19(12-10-16)30(26,27)25-15-17(2)24-21(20-7-5-6-8-22(20)25)13-18(28-3)14-23(24)29-4/h5-15H,1-4H3. The van der Waals surface area contributed by atoms with Crippen molar-refractivity contribution in [1.29, 1.82) is 0 Å². The first-order chi connectivity index (χ1) is 14.4. The Hall–Kier alpha value is -3.25. The summed E-state index contributed by atoms with van der Waals surface area (Å²) in [4.78, 5) is 0.238. The van der Waals surface area contributed by atoms with E-state index < -0.39 is 10.0 Å². The van der Waals surface area contributed by atoms with E-state index in [1.165, 1.54) is 4.31 Å². The topological polar surface area (TPSA) is 55.8 Å². The van der Waals surface area contributed by atoms with Gasteiger partial charge in [0.1, 0.15) is 11.5 Å². The van der Waals surface area contributed by atoms with Crippen molar-refractivity contribution in [2.45, 2.75) is 18.7 Å². The molecule has 3 aromatic carbocycles. The molecule has 0 fully saturated rings. The van der Waals surface area contributed by atoms with Crippen molar-refractivity contribution >= 4 is 21.3 Å². The minimum Gasteiger partial charge on any atom is -0.497 e. The predicted octanol–water partition coefficient (Wildman–Crippen LogP) is 5.25. The molecule has 0 N–H and O–H groups in total. The molecular formula is C24H23NO4S. The Balaban J connectivity index is 2.02. The van der Waals surface area contributed by atoms with E-state index in [0.29, 0.717) is 17.2 Å². The lowest BCUT2D eigenvalue weighted by molar-refractivity contribution is 0.394. The van der Waals surface area contributed by atoms with Crippen LogP contribution in [0.2, 0.25) is 0 Å². The van der Waals surface area contributed by atoms with Crippen LogP contribution in [0, 0.1) is 6.92 Å². The maximum absolute atomic E-state index is 13.6. The molecule has 0 aromatic heterocycles. The van der Waals surface area contributed by atoms with Crippen molar-refractivity contribution in [1.82, 2.24) is 0 Å². The van der Waals surface area contributed by atoms with Crippen molar-refractivity contribution < 1.29 is 17.9 Å². The number of para-hydroxylation sites is 1. The summed E-state index contributed by atoms with van der Waals surface area (Å²) in [6.45, 7) is 3.81. The summed E-state index contributed by atoms with van der Waals surface area (Å²) in [7, 11) is -0.622. The minimum atomic E-state index is -3.82. The van der Waals surface area contributed by atoms with E-state index in [1.807, 2.05) is 50.2 Å². The van der Waals surface area contributed by atoms with E-state index in [2.05, 4.69) is 0 Å². The predicted molar refractivity (Wildman–Crippen MR) is 119 cm³/mol. The molecule has 0 unspecified atom stereocenters. The van der Waals surface area contributed by atoms with Gasteiger partial charge in [0.15, 0.2) is 0 Å². The van der Waals surface area contributed by atoms with Crippen LogP contribution in [-0.4, -0.2) is 22.6 Å². The Kier molecular flexibility index (Phi) is 5.03. The van der Waals surface area contributed by atoms with Crippen LogP contribution in [0.1, 0.15) is 18.1 Å². The van der Waals surface area contributed by atoms with Gasteiger partial charge in [0.2, 0.25) is 0 Å². The molecule has 0 saturated carbocycles. The first-order valence-electron chi connectivity index (χ1n) is 9.52. The molecule has 1 aliphatic rings. The maximum Gasteiger partial charge on any atom is 0.268 e. The first-order valence-corrected chi connectivity index (χ1v) is 11.0. The maximum atomic E-state index is 13.6. The molecule has 0 bridgehead atoms. The zero-order valence-corrected chi connectivity index (χ0v) is 18.2. The Morgan fingerprint density at radius 1 is 0.833 bits per heavy atom. The molecule has 6 heteroatoms. The van der Waals surface area contributed by atoms with Crippen molar-refractivity contribution in [3.05, 3.63) is 78.0 Å². The number of aryl methyl sites for hydroxylation is 1. The molecule has 30 heavy (non-hydrogen) atoms. The fourth-order valence-electron chi connectivity index (χ4n) is 3.71. The van der Waals surface area contributed by atoms with Crippen LogP contribution in [0.5, 0.6) is 11.5 Å². The van der Waals surface area contributed by atoms with Gasteiger partial charge in [-0.05, 0) is 49.2 Å². The monoisotopic (exact) mass is 421 g/mol. The quantitative estimate of drug-likeness (QED) is 0.577. The van der Waals surface area contributed by atoms with Gasteiger partial charge < -0.3 is 9.47 Å². The Morgan fingerprint density at radius 2 is 1.53 bits per heavy atom. The lowest BCUT2D eigenvalue weighted by Gasteiger charge is -2.22. The zero-order valence-electron chi connectivity index (χ0n) is 17.3. The lowest BCUT2D eigenvalue weighted by Crippen LogP contribution is -2.26. The Labute approximate surface area is 177 Å². The van der Waals surface area contributed by atoms with E-state index in [9.17, 15) is 8.42 Å². The third-order valence-electron chi connectivity index (χ3n) is 5.25. The highest BCUT2D eigenvalue weighted by atomic mass is 32.2. The fraction of sp³-hybridized carbons (Fsp3) is 0.167. The molecular weight excluding hydrogens is 398 g/mol. The van der Waals surface area contributed by atoms with Gasteiger partial charge >= 0.3 is 0 Å². The number of anilines is 1. The van der Waals surface area contributed by atoms with Crippen molar-refractivity contribution in [3.63, 3.8) is 0 Å². The zero-order chi connectivity index (χ0) is 21.5. The van der Waals surface area contributed by atoms with Crippen LogP contribution in [0.25, 0.3) is 16.7 Å². The average Bonchev–Trinajstić information content (AvgIpc) is 2.88. The summed E-state index contributed by atoms with van der Waals surface area (Å²) in [6, 6.07) is 18.1. The summed E-state index contributed by atoms with van der Waals surface area (Å²) in [5.74, 6) is 1.27. The van der Waals surface area contributed by atoms with Gasteiger partial charge in [-0.2, -0.15) is 0 Å². The molecule has 0 aliphatic carbocycles. The second-order valence-electron chi connectivity index (χ2n) is 7.20. The number of sulfonamides is 1. The second kappa shape index (κ2) is 7.54. The minimum absolute atomic E-state index is 0.238. The highest BCUT2D eigenvalue weighted by Crippen LogP contribution is 2.46. The van der Waals surface area contributed by atoms with Crippen LogP contribution < -0.4 is 13.8 Å². The molecule has 5 nitrogen and oxygen atoms in total. The van der Waals surface area contributed by atoms with Crippen LogP contribution in [0.15, 0.2) is 71.8 Å². The van der Waals surface area contributed by atoms with Crippen molar-refractivity contribution in [2.24, 2.45) is 0 Å². The summed E-state index contributed by atoms with van der Waals surface area (Å²) in [5, 5.41) is 0. The highest BCUT2D eigenvalue weighted by Gasteiger charge is 2.30. The second-order valence-corrected chi connectivity index (χ2v) is 9.01. The number of nitrogens with zero attached hydrogens (tertiary/aromatic N) is 1. The molecule has 0 saturated heterocycles. The molecule has 1 aliphatic heterocycles. The number of methoxy groups -OCH3 is 2. The average molecular weight is 422 g/mol. The van der Waals surface area contributed by atoms with Gasteiger partial charge in [-0.25, -0.2) is 12.7 Å². The molecule has 4 rings (SSSR count). The third kappa shape index (κ3) is 3.23. The third-order valence-corrected chi connectivity index (χ3v) is 6.93. The van der Waals surface area contributed by atoms with Crippen LogP contribution in [-0.2, 0) is 10.0 Å². The Morgan fingerprint density at radius 3 is 2.20 bits per heavy atom. The number of hydrogen-bond acceptors (Lipinski definition) is 4. The molecule has 1 heterocycles. The molecule has 3 aromatic rings. The van der Waals surface area contributed by atoms with Gasteiger partial charge in [0.25, 0.3) is 10.0 Å². The Bertz CT molecular complexity index is 1240. The number of benzene rings is 3. The van der Waals surface area contributed by atoms with Crippen LogP contribution in [0.4, 0.5) is 5.69 Å². The van der Waals surface area contributed by atoms with Crippen LogP contribution >= 0.6 is 0 Å². The van der Waals surface area contributed by atoms with Gasteiger partial charge in [0, 0.05) is 23.4 Å². The van der Waals surface area contributed by atoms with Crippen LogP contribution in [0.3, 0.4) is 0 Å². The number of allylic oxidation sites excluding steroid dienone is 1. The number of ether oxygens (including phenoxy) is 2.